The van der Waals surface area contributed by atoms with Crippen molar-refractivity contribution in [3.63, 3.8) is 0 Å². The van der Waals surface area contributed by atoms with Crippen LogP contribution < -0.4 is 0 Å². The van der Waals surface area contributed by atoms with Gasteiger partial charge >= 0.3 is 5.97 Å². The molecule has 0 aromatic carbocycles. The molecule has 2 aliphatic heterocycles. The molecule has 9 heteroatoms. The van der Waals surface area contributed by atoms with Gasteiger partial charge in [-0.3, -0.25) is 4.79 Å². The topological polar surface area (TPSA) is 146 Å². The predicted molar refractivity (Wildman–Crippen MR) is 123 cm³/mol. The van der Waals surface area contributed by atoms with Gasteiger partial charge in [0, 0.05) is 5.92 Å². The van der Waals surface area contributed by atoms with Gasteiger partial charge in [-0.1, -0.05) is 20.3 Å². The second kappa shape index (κ2) is 8.75. The Labute approximate surface area is 206 Å². The van der Waals surface area contributed by atoms with Crippen molar-refractivity contribution in [1.82, 2.24) is 0 Å². The minimum absolute atomic E-state index is 0.0942. The predicted octanol–water partition coefficient (Wildman–Crippen LogP) is 0.648. The van der Waals surface area contributed by atoms with Crippen LogP contribution in [-0.4, -0.2) is 87.6 Å². The number of hydrogen-bond acceptors (Lipinski definition) is 9. The zero-order valence-electron chi connectivity index (χ0n) is 20.8. The molecule has 0 spiro atoms. The van der Waals surface area contributed by atoms with Gasteiger partial charge in [-0.2, -0.15) is 0 Å². The van der Waals surface area contributed by atoms with Crippen molar-refractivity contribution in [3.8, 4) is 0 Å². The number of carbonyl (C=O) groups excluding carboxylic acids is 1. The van der Waals surface area contributed by atoms with Crippen LogP contribution in [0.5, 0.6) is 0 Å². The molecule has 5 aliphatic rings. The summed E-state index contributed by atoms with van der Waals surface area (Å²) in [5.41, 5.74) is -0.0669. The fourth-order valence-electron chi connectivity index (χ4n) is 8.04. The highest BCUT2D eigenvalue weighted by Gasteiger charge is 2.67. The van der Waals surface area contributed by atoms with E-state index in [4.69, 9.17) is 14.2 Å². The number of rotatable bonds is 5. The van der Waals surface area contributed by atoms with Crippen molar-refractivity contribution in [1.29, 1.82) is 0 Å². The first-order chi connectivity index (χ1) is 16.5. The number of esters is 1. The van der Waals surface area contributed by atoms with Crippen LogP contribution in [0.25, 0.3) is 0 Å². The van der Waals surface area contributed by atoms with E-state index in [1.54, 1.807) is 0 Å². The summed E-state index contributed by atoms with van der Waals surface area (Å²) in [6.07, 6.45) is -0.542. The fourth-order valence-corrected chi connectivity index (χ4v) is 8.04. The van der Waals surface area contributed by atoms with Gasteiger partial charge < -0.3 is 39.7 Å². The van der Waals surface area contributed by atoms with Crippen LogP contribution in [0, 0.1) is 28.1 Å². The lowest BCUT2D eigenvalue weighted by atomic mass is 9.45. The minimum atomic E-state index is -1.49. The van der Waals surface area contributed by atoms with E-state index in [2.05, 4.69) is 13.8 Å². The zero-order chi connectivity index (χ0) is 25.3. The van der Waals surface area contributed by atoms with E-state index in [1.165, 1.54) is 0 Å². The van der Waals surface area contributed by atoms with Crippen molar-refractivity contribution in [2.24, 2.45) is 28.1 Å². The van der Waals surface area contributed by atoms with E-state index in [-0.39, 0.29) is 35.9 Å². The minimum Gasteiger partial charge on any atom is -0.457 e. The van der Waals surface area contributed by atoms with Crippen LogP contribution in [0.3, 0.4) is 0 Å². The Hall–Kier alpha value is -1.07. The highest BCUT2D eigenvalue weighted by Crippen LogP contribution is 2.66. The SMILES string of the molecule is C[C@]1(CCO[C@@H]2O[C@@H](CO)[C@H](O)[C@@H](O)[C@H]2O)CCC2C(=CC3OC(=O)[C@@]4(C)CCC[C@@]2(C)[C@@H]34)[C@H]1O. The maximum Gasteiger partial charge on any atom is 0.312 e. The van der Waals surface area contributed by atoms with Crippen LogP contribution in [0.4, 0.5) is 0 Å². The average Bonchev–Trinajstić information content (AvgIpc) is 3.07. The Balaban J connectivity index is 1.30. The van der Waals surface area contributed by atoms with Crippen LogP contribution in [-0.2, 0) is 19.0 Å². The molecular formula is C26H40O9. The third-order valence-corrected chi connectivity index (χ3v) is 10.2. The standard InChI is InChI=1S/C26H40O9/c1-24(9-10-33-22-19(30)18(29)17(28)16(12-27)34-22)8-5-14-13(21(24)31)11-15-20-25(14,2)6-4-7-26(20,3)23(32)35-15/h11,14-22,27-31H,4-10,12H2,1-3H3/t14?,15?,16-,17-,18+,19+,20+,21+,22+,24+,25+,26-/m0/s1. The first-order valence-corrected chi connectivity index (χ1v) is 13.0. The Morgan fingerprint density at radius 1 is 1.06 bits per heavy atom. The maximum atomic E-state index is 12.8. The van der Waals surface area contributed by atoms with Gasteiger partial charge in [0.05, 0.1) is 24.7 Å². The summed E-state index contributed by atoms with van der Waals surface area (Å²) in [5, 5.41) is 51.1. The third kappa shape index (κ3) is 3.73. The Morgan fingerprint density at radius 2 is 1.80 bits per heavy atom. The number of aliphatic hydroxyl groups excluding tert-OH is 5. The first kappa shape index (κ1) is 25.6. The van der Waals surface area contributed by atoms with Crippen molar-refractivity contribution in [3.05, 3.63) is 11.6 Å². The summed E-state index contributed by atoms with van der Waals surface area (Å²) >= 11 is 0. The zero-order valence-corrected chi connectivity index (χ0v) is 20.8. The Kier molecular flexibility index (Phi) is 6.40. The number of carbonyl (C=O) groups is 1. The van der Waals surface area contributed by atoms with Crippen molar-refractivity contribution in [2.75, 3.05) is 13.2 Å². The Morgan fingerprint density at radius 3 is 2.51 bits per heavy atom. The van der Waals surface area contributed by atoms with E-state index in [0.717, 1.165) is 37.7 Å². The van der Waals surface area contributed by atoms with Crippen LogP contribution in [0.15, 0.2) is 11.6 Å². The molecule has 2 saturated carbocycles. The lowest BCUT2D eigenvalue weighted by Crippen LogP contribution is -2.59. The smallest absolute Gasteiger partial charge is 0.312 e. The van der Waals surface area contributed by atoms with E-state index in [1.807, 2.05) is 13.0 Å². The molecule has 2 unspecified atom stereocenters. The summed E-state index contributed by atoms with van der Waals surface area (Å²) in [6, 6.07) is 0. The monoisotopic (exact) mass is 496 g/mol. The van der Waals surface area contributed by atoms with Gasteiger partial charge in [0.2, 0.25) is 0 Å². The second-order valence-corrected chi connectivity index (χ2v) is 12.3. The normalized spacial score (nSPS) is 53.4. The van der Waals surface area contributed by atoms with Crippen LogP contribution in [0.2, 0.25) is 0 Å². The molecule has 2 heterocycles. The number of aliphatic hydroxyl groups is 5. The van der Waals surface area contributed by atoms with Crippen LogP contribution in [0.1, 0.15) is 59.3 Å². The molecule has 4 fully saturated rings. The average molecular weight is 497 g/mol. The summed E-state index contributed by atoms with van der Waals surface area (Å²) < 4.78 is 17.0. The lowest BCUT2D eigenvalue weighted by Gasteiger charge is -2.58. The third-order valence-electron chi connectivity index (χ3n) is 10.2. The molecular weight excluding hydrogens is 456 g/mol. The molecule has 0 radical (unpaired) electrons. The van der Waals surface area contributed by atoms with Crippen molar-refractivity contribution in [2.45, 2.75) is 102 Å². The molecule has 5 N–H and O–H groups in total. The summed E-state index contributed by atoms with van der Waals surface area (Å²) in [7, 11) is 0. The molecule has 198 valence electrons. The molecule has 3 aliphatic carbocycles. The van der Waals surface area contributed by atoms with E-state index in [9.17, 15) is 30.3 Å². The Bertz CT molecular complexity index is 875. The molecule has 2 saturated heterocycles. The van der Waals surface area contributed by atoms with Gasteiger partial charge in [0.25, 0.3) is 0 Å². The number of hydrogen-bond donors (Lipinski definition) is 5. The van der Waals surface area contributed by atoms with Gasteiger partial charge in [-0.15, -0.1) is 0 Å². The number of fused-ring (bicyclic) bond motifs is 2. The molecule has 0 aromatic rings. The van der Waals surface area contributed by atoms with Gasteiger partial charge in [-0.05, 0) is 67.4 Å². The fraction of sp³-hybridized carbons (Fsp3) is 0.885. The molecule has 5 rings (SSSR count). The highest BCUT2D eigenvalue weighted by molar-refractivity contribution is 5.80. The second-order valence-electron chi connectivity index (χ2n) is 12.3. The summed E-state index contributed by atoms with van der Waals surface area (Å²) in [6.45, 7) is 5.99. The highest BCUT2D eigenvalue weighted by atomic mass is 16.7. The van der Waals surface area contributed by atoms with Crippen LogP contribution >= 0.6 is 0 Å². The quantitative estimate of drug-likeness (QED) is 0.273. The molecule has 0 aromatic heterocycles. The maximum absolute atomic E-state index is 12.8. The largest absolute Gasteiger partial charge is 0.457 e. The molecule has 12 atom stereocenters. The van der Waals surface area contributed by atoms with E-state index < -0.39 is 54.2 Å². The molecule has 0 bridgehead atoms. The van der Waals surface area contributed by atoms with E-state index >= 15 is 0 Å². The number of ether oxygens (including phenoxy) is 3. The molecule has 35 heavy (non-hydrogen) atoms. The van der Waals surface area contributed by atoms with Crippen molar-refractivity contribution >= 4 is 5.97 Å². The first-order valence-electron chi connectivity index (χ1n) is 13.0. The molecule has 9 nitrogen and oxygen atoms in total. The summed E-state index contributed by atoms with van der Waals surface area (Å²) in [4.78, 5) is 12.8. The van der Waals surface area contributed by atoms with Crippen molar-refractivity contribution < 1.29 is 44.5 Å². The summed E-state index contributed by atoms with van der Waals surface area (Å²) in [5.74, 6) is 0.225. The lowest BCUT2D eigenvalue weighted by molar-refractivity contribution is -0.302. The van der Waals surface area contributed by atoms with Gasteiger partial charge in [0.1, 0.15) is 30.5 Å². The molecule has 0 amide bonds. The van der Waals surface area contributed by atoms with Gasteiger partial charge in [0.15, 0.2) is 6.29 Å². The van der Waals surface area contributed by atoms with E-state index in [0.29, 0.717) is 6.42 Å². The van der Waals surface area contributed by atoms with Gasteiger partial charge in [-0.25, -0.2) is 0 Å².